The van der Waals surface area contributed by atoms with E-state index in [0.29, 0.717) is 43.3 Å². The van der Waals surface area contributed by atoms with Gasteiger partial charge in [0.15, 0.2) is 0 Å². The van der Waals surface area contributed by atoms with Crippen LogP contribution in [0.1, 0.15) is 43.7 Å². The quantitative estimate of drug-likeness (QED) is 0.240. The molecule has 0 aliphatic carbocycles. The Labute approximate surface area is 230 Å². The normalized spacial score (nSPS) is 11.4. The molecule has 3 rings (SSSR count). The molecule has 0 saturated heterocycles. The third-order valence-electron chi connectivity index (χ3n) is 6.23. The van der Waals surface area contributed by atoms with Crippen LogP contribution in [0.5, 0.6) is 11.5 Å². The molecule has 0 spiro atoms. The molecule has 0 aliphatic heterocycles. The number of amides is 2. The lowest BCUT2D eigenvalue weighted by atomic mass is 10.0. The van der Waals surface area contributed by atoms with E-state index in [-0.39, 0.29) is 18.2 Å². The lowest BCUT2D eigenvalue weighted by Gasteiger charge is -2.31. The standard InChI is InChI=1S/C31H37ClN2O4/c1-3-4-20-33-31(36)29(22-24-9-6-5-7-10-24)34(23-25-12-14-26(32)15-13-25)30(35)11-8-21-38-28-18-16-27(37-2)17-19-28/h5-7,9-10,12-19,29H,3-4,8,11,20-23H2,1-2H3,(H,33,36)/t29-/m1/s1. The number of halogens is 1. The molecule has 0 unspecified atom stereocenters. The molecule has 0 saturated carbocycles. The largest absolute Gasteiger partial charge is 0.497 e. The van der Waals surface area contributed by atoms with E-state index in [4.69, 9.17) is 21.1 Å². The molecular weight excluding hydrogens is 500 g/mol. The number of ether oxygens (including phenoxy) is 2. The summed E-state index contributed by atoms with van der Waals surface area (Å²) in [6.45, 7) is 3.37. The first-order chi connectivity index (χ1) is 18.5. The van der Waals surface area contributed by atoms with Gasteiger partial charge in [0.2, 0.25) is 11.8 Å². The summed E-state index contributed by atoms with van der Waals surface area (Å²) >= 11 is 6.09. The molecular formula is C31H37ClN2O4. The lowest BCUT2D eigenvalue weighted by molar-refractivity contribution is -0.141. The average Bonchev–Trinajstić information content (AvgIpc) is 2.95. The van der Waals surface area contributed by atoms with Gasteiger partial charge in [0.05, 0.1) is 13.7 Å². The van der Waals surface area contributed by atoms with Gasteiger partial charge in [-0.2, -0.15) is 0 Å². The summed E-state index contributed by atoms with van der Waals surface area (Å²) in [6, 6.07) is 23.9. The number of unbranched alkanes of at least 4 members (excludes halogenated alkanes) is 1. The van der Waals surface area contributed by atoms with Crippen molar-refractivity contribution in [1.82, 2.24) is 10.2 Å². The number of rotatable bonds is 15. The number of nitrogens with zero attached hydrogens (tertiary/aromatic N) is 1. The SMILES string of the molecule is CCCCNC(=O)[C@@H](Cc1ccccc1)N(Cc1ccc(Cl)cc1)C(=O)CCCOc1ccc(OC)cc1. The highest BCUT2D eigenvalue weighted by Crippen LogP contribution is 2.20. The number of benzene rings is 3. The fourth-order valence-corrected chi connectivity index (χ4v) is 4.20. The van der Waals surface area contributed by atoms with Gasteiger partial charge in [-0.1, -0.05) is 67.4 Å². The molecule has 0 radical (unpaired) electrons. The Morgan fingerprint density at radius 2 is 1.58 bits per heavy atom. The van der Waals surface area contributed by atoms with Gasteiger partial charge < -0.3 is 19.7 Å². The highest BCUT2D eigenvalue weighted by atomic mass is 35.5. The molecule has 0 heterocycles. The number of hydrogen-bond acceptors (Lipinski definition) is 4. The third kappa shape index (κ3) is 9.42. The fourth-order valence-electron chi connectivity index (χ4n) is 4.08. The van der Waals surface area contributed by atoms with Crippen molar-refractivity contribution in [2.45, 2.75) is 51.6 Å². The van der Waals surface area contributed by atoms with E-state index in [1.165, 1.54) is 0 Å². The second kappa shape index (κ2) is 15.7. The molecule has 3 aromatic carbocycles. The van der Waals surface area contributed by atoms with Crippen molar-refractivity contribution in [2.24, 2.45) is 0 Å². The van der Waals surface area contributed by atoms with Crippen molar-refractivity contribution in [3.8, 4) is 11.5 Å². The Morgan fingerprint density at radius 3 is 2.24 bits per heavy atom. The maximum absolute atomic E-state index is 13.6. The Balaban J connectivity index is 1.75. The highest BCUT2D eigenvalue weighted by molar-refractivity contribution is 6.30. The maximum atomic E-state index is 13.6. The van der Waals surface area contributed by atoms with Crippen molar-refractivity contribution in [3.63, 3.8) is 0 Å². The molecule has 0 bridgehead atoms. The van der Waals surface area contributed by atoms with Crippen LogP contribution in [0.15, 0.2) is 78.9 Å². The van der Waals surface area contributed by atoms with E-state index in [2.05, 4.69) is 12.2 Å². The number of methoxy groups -OCH3 is 1. The van der Waals surface area contributed by atoms with Gasteiger partial charge in [-0.25, -0.2) is 0 Å². The Bertz CT molecular complexity index is 1120. The molecule has 6 nitrogen and oxygen atoms in total. The van der Waals surface area contributed by atoms with E-state index < -0.39 is 6.04 Å². The average molecular weight is 537 g/mol. The zero-order valence-corrected chi connectivity index (χ0v) is 23.0. The van der Waals surface area contributed by atoms with Crippen LogP contribution in [0.25, 0.3) is 0 Å². The van der Waals surface area contributed by atoms with Crippen molar-refractivity contribution < 1.29 is 19.1 Å². The molecule has 0 fully saturated rings. The molecule has 0 aromatic heterocycles. The van der Waals surface area contributed by atoms with Gasteiger partial charge in [-0.05, 0) is 60.4 Å². The summed E-state index contributed by atoms with van der Waals surface area (Å²) in [4.78, 5) is 28.7. The van der Waals surface area contributed by atoms with Gasteiger partial charge >= 0.3 is 0 Å². The van der Waals surface area contributed by atoms with E-state index in [0.717, 1.165) is 29.7 Å². The van der Waals surface area contributed by atoms with Crippen LogP contribution in [0.3, 0.4) is 0 Å². The van der Waals surface area contributed by atoms with Crippen LogP contribution in [-0.4, -0.2) is 43.0 Å². The van der Waals surface area contributed by atoms with Gasteiger partial charge in [-0.15, -0.1) is 0 Å². The van der Waals surface area contributed by atoms with Crippen molar-refractivity contribution in [1.29, 1.82) is 0 Å². The molecule has 1 N–H and O–H groups in total. The van der Waals surface area contributed by atoms with Crippen molar-refractivity contribution in [3.05, 3.63) is 95.0 Å². The zero-order valence-electron chi connectivity index (χ0n) is 22.2. The second-order valence-corrected chi connectivity index (χ2v) is 9.56. The van der Waals surface area contributed by atoms with Gasteiger partial charge in [-0.3, -0.25) is 9.59 Å². The maximum Gasteiger partial charge on any atom is 0.243 e. The van der Waals surface area contributed by atoms with Crippen LogP contribution < -0.4 is 14.8 Å². The smallest absolute Gasteiger partial charge is 0.243 e. The predicted octanol–water partition coefficient (Wildman–Crippen LogP) is 6.06. The summed E-state index contributed by atoms with van der Waals surface area (Å²) in [5, 5.41) is 3.67. The zero-order chi connectivity index (χ0) is 27.2. The number of nitrogens with one attached hydrogen (secondary N) is 1. The Kier molecular flexibility index (Phi) is 12.0. The highest BCUT2D eigenvalue weighted by Gasteiger charge is 2.30. The summed E-state index contributed by atoms with van der Waals surface area (Å²) in [7, 11) is 1.62. The van der Waals surface area contributed by atoms with E-state index in [1.807, 2.05) is 66.7 Å². The number of hydrogen-bond donors (Lipinski definition) is 1. The first-order valence-electron chi connectivity index (χ1n) is 13.1. The van der Waals surface area contributed by atoms with Crippen LogP contribution in [-0.2, 0) is 22.6 Å². The minimum absolute atomic E-state index is 0.0927. The molecule has 3 aromatic rings. The molecule has 38 heavy (non-hydrogen) atoms. The first-order valence-corrected chi connectivity index (χ1v) is 13.5. The Hall–Kier alpha value is -3.51. The van der Waals surface area contributed by atoms with Crippen molar-refractivity contribution in [2.75, 3.05) is 20.3 Å². The first kappa shape index (κ1) is 29.1. The van der Waals surface area contributed by atoms with Gasteiger partial charge in [0, 0.05) is 31.0 Å². The fraction of sp³-hybridized carbons (Fsp3) is 0.355. The summed E-state index contributed by atoms with van der Waals surface area (Å²) in [5.41, 5.74) is 1.91. The Morgan fingerprint density at radius 1 is 0.895 bits per heavy atom. The number of carbonyl (C=O) groups excluding carboxylic acids is 2. The second-order valence-electron chi connectivity index (χ2n) is 9.13. The summed E-state index contributed by atoms with van der Waals surface area (Å²) < 4.78 is 11.0. The van der Waals surface area contributed by atoms with E-state index in [9.17, 15) is 9.59 Å². The van der Waals surface area contributed by atoms with E-state index >= 15 is 0 Å². The van der Waals surface area contributed by atoms with Crippen LogP contribution in [0.4, 0.5) is 0 Å². The minimum Gasteiger partial charge on any atom is -0.497 e. The molecule has 1 atom stereocenters. The monoisotopic (exact) mass is 536 g/mol. The number of carbonyl (C=O) groups is 2. The minimum atomic E-state index is -0.639. The molecule has 0 aliphatic rings. The van der Waals surface area contributed by atoms with Crippen molar-refractivity contribution >= 4 is 23.4 Å². The predicted molar refractivity (Wildman–Crippen MR) is 152 cm³/mol. The topological polar surface area (TPSA) is 67.9 Å². The summed E-state index contributed by atoms with van der Waals surface area (Å²) in [5.74, 6) is 1.24. The molecule has 2 amide bonds. The van der Waals surface area contributed by atoms with Crippen LogP contribution in [0, 0.1) is 0 Å². The van der Waals surface area contributed by atoms with Gasteiger partial charge in [0.1, 0.15) is 17.5 Å². The van der Waals surface area contributed by atoms with Crippen LogP contribution >= 0.6 is 11.6 Å². The third-order valence-corrected chi connectivity index (χ3v) is 6.48. The molecule has 202 valence electrons. The lowest BCUT2D eigenvalue weighted by Crippen LogP contribution is -2.50. The van der Waals surface area contributed by atoms with E-state index in [1.54, 1.807) is 24.1 Å². The van der Waals surface area contributed by atoms with Crippen LogP contribution in [0.2, 0.25) is 5.02 Å². The van der Waals surface area contributed by atoms with Gasteiger partial charge in [0.25, 0.3) is 0 Å². The summed E-state index contributed by atoms with van der Waals surface area (Å²) in [6.07, 6.45) is 3.08. The molecule has 7 heteroatoms.